The predicted molar refractivity (Wildman–Crippen MR) is 41.8 cm³/mol. The van der Waals surface area contributed by atoms with Crippen LogP contribution < -0.4 is 29.8 Å². The third-order valence-corrected chi connectivity index (χ3v) is 2.17. The fraction of sp³-hybridized carbons (Fsp3) is 1.00. The number of hydrogen-bond acceptors (Lipinski definition) is 1. The van der Waals surface area contributed by atoms with E-state index in [1.165, 1.54) is 0 Å². The van der Waals surface area contributed by atoms with E-state index < -0.39 is 8.96 Å². The van der Waals surface area contributed by atoms with Gasteiger partial charge in [-0.2, -0.15) is 0 Å². The minimum Gasteiger partial charge on any atom is -1.00 e. The number of rotatable bonds is 1. The fourth-order valence-corrected chi connectivity index (χ4v) is 2.60. The Labute approximate surface area is 99.5 Å². The van der Waals surface area contributed by atoms with Crippen LogP contribution in [0.3, 0.4) is 0 Å². The van der Waals surface area contributed by atoms with Gasteiger partial charge in [0.05, 0.1) is 0 Å². The molecular formula is C6H17Cl2NSiTi. The molecule has 0 atom stereocenters. The largest absolute Gasteiger partial charge is 2.00 e. The number of hydrogen-bond donors (Lipinski definition) is 1. The van der Waals surface area contributed by atoms with Gasteiger partial charge in [0.1, 0.15) is 8.96 Å². The molecule has 0 saturated heterocycles. The van der Waals surface area contributed by atoms with Crippen molar-refractivity contribution in [2.45, 2.75) is 39.4 Å². The Morgan fingerprint density at radius 3 is 1.27 bits per heavy atom. The van der Waals surface area contributed by atoms with E-state index in [2.05, 4.69) is 38.8 Å². The van der Waals surface area contributed by atoms with Crippen molar-refractivity contribution in [3.05, 3.63) is 0 Å². The van der Waals surface area contributed by atoms with Gasteiger partial charge in [0, 0.05) is 5.54 Å². The second-order valence-electron chi connectivity index (χ2n) is 3.55. The first-order valence-electron chi connectivity index (χ1n) is 3.19. The standard InChI is InChI=1S/C6H17NSi.2ClH.Ti/c1-6(2,3)7-8(4)5;;;/h7-8H,1-5H3;2*1H;/q;;;+2/p-2. The molecule has 1 N–H and O–H groups in total. The van der Waals surface area contributed by atoms with Crippen LogP contribution in [0.2, 0.25) is 13.1 Å². The summed E-state index contributed by atoms with van der Waals surface area (Å²) >= 11 is 0. The van der Waals surface area contributed by atoms with Gasteiger partial charge in [-0.15, -0.1) is 0 Å². The van der Waals surface area contributed by atoms with Crippen molar-refractivity contribution in [1.82, 2.24) is 4.98 Å². The normalized spacial score (nSPS) is 9.27. The first kappa shape index (κ1) is 22.9. The summed E-state index contributed by atoms with van der Waals surface area (Å²) in [6.07, 6.45) is 0. The zero-order valence-electron chi connectivity index (χ0n) is 7.83. The molecule has 0 aliphatic heterocycles. The topological polar surface area (TPSA) is 12.0 Å². The quantitative estimate of drug-likeness (QED) is 0.462. The Balaban J connectivity index is -0.0000000817. The minimum absolute atomic E-state index is 0. The van der Waals surface area contributed by atoms with E-state index in [9.17, 15) is 0 Å². The summed E-state index contributed by atoms with van der Waals surface area (Å²) in [6, 6.07) is 0. The van der Waals surface area contributed by atoms with Crippen LogP contribution in [0.1, 0.15) is 20.8 Å². The fourth-order valence-electron chi connectivity index (χ4n) is 0.866. The van der Waals surface area contributed by atoms with Crippen molar-refractivity contribution < 1.29 is 46.5 Å². The molecule has 0 fully saturated rings. The van der Waals surface area contributed by atoms with E-state index in [4.69, 9.17) is 0 Å². The van der Waals surface area contributed by atoms with Crippen LogP contribution >= 0.6 is 0 Å². The van der Waals surface area contributed by atoms with Gasteiger partial charge >= 0.3 is 21.7 Å². The molecule has 11 heavy (non-hydrogen) atoms. The summed E-state index contributed by atoms with van der Waals surface area (Å²) in [7, 11) is -0.546. The van der Waals surface area contributed by atoms with E-state index in [1.54, 1.807) is 0 Å². The molecule has 68 valence electrons. The molecular weight excluding hydrogens is 233 g/mol. The molecule has 0 aromatic heterocycles. The van der Waals surface area contributed by atoms with Crippen molar-refractivity contribution in [2.75, 3.05) is 0 Å². The molecule has 5 heteroatoms. The third-order valence-electron chi connectivity index (χ3n) is 0.722. The maximum absolute atomic E-state index is 3.52. The van der Waals surface area contributed by atoms with Gasteiger partial charge < -0.3 is 29.8 Å². The van der Waals surface area contributed by atoms with Crippen LogP contribution in [0, 0.1) is 0 Å². The van der Waals surface area contributed by atoms with Gasteiger partial charge in [0.25, 0.3) is 0 Å². The van der Waals surface area contributed by atoms with Gasteiger partial charge in [-0.3, -0.25) is 0 Å². The van der Waals surface area contributed by atoms with Crippen molar-refractivity contribution in [3.8, 4) is 0 Å². The molecule has 0 unspecified atom stereocenters. The van der Waals surface area contributed by atoms with Crippen molar-refractivity contribution in [1.29, 1.82) is 0 Å². The van der Waals surface area contributed by atoms with Gasteiger partial charge in [-0.05, 0) is 20.8 Å². The predicted octanol–water partition coefficient (Wildman–Crippen LogP) is -4.64. The van der Waals surface area contributed by atoms with E-state index in [-0.39, 0.29) is 46.5 Å². The van der Waals surface area contributed by atoms with Gasteiger partial charge in [-0.1, -0.05) is 13.1 Å². The van der Waals surface area contributed by atoms with Crippen molar-refractivity contribution in [2.24, 2.45) is 0 Å². The summed E-state index contributed by atoms with van der Waals surface area (Å²) in [5.74, 6) is 0. The smallest absolute Gasteiger partial charge is 1.00 e. The second-order valence-corrected chi connectivity index (χ2v) is 6.15. The average molecular weight is 250 g/mol. The minimum atomic E-state index is -0.546. The number of halogens is 2. The average Bonchev–Trinajstić information content (AvgIpc) is 1.21. The summed E-state index contributed by atoms with van der Waals surface area (Å²) in [5, 5.41) is 0. The van der Waals surface area contributed by atoms with Gasteiger partial charge in [0.2, 0.25) is 0 Å². The molecule has 0 bridgehead atoms. The van der Waals surface area contributed by atoms with Crippen LogP contribution in [-0.2, 0) is 21.7 Å². The molecule has 0 aliphatic rings. The van der Waals surface area contributed by atoms with Crippen LogP contribution in [-0.4, -0.2) is 14.5 Å². The zero-order valence-corrected chi connectivity index (χ0v) is 12.1. The zero-order chi connectivity index (χ0) is 6.78. The Kier molecular flexibility index (Phi) is 19.9. The molecule has 0 aromatic rings. The monoisotopic (exact) mass is 249 g/mol. The van der Waals surface area contributed by atoms with E-state index in [0.717, 1.165) is 0 Å². The molecule has 0 amide bonds. The summed E-state index contributed by atoms with van der Waals surface area (Å²) < 4.78 is 0. The van der Waals surface area contributed by atoms with Crippen LogP contribution in [0.15, 0.2) is 0 Å². The molecule has 0 rings (SSSR count). The van der Waals surface area contributed by atoms with Crippen LogP contribution in [0.5, 0.6) is 0 Å². The molecule has 0 spiro atoms. The van der Waals surface area contributed by atoms with Gasteiger partial charge in [0.15, 0.2) is 0 Å². The first-order chi connectivity index (χ1) is 3.42. The molecule has 0 aromatic carbocycles. The second kappa shape index (κ2) is 9.56. The van der Waals surface area contributed by atoms with Gasteiger partial charge in [-0.25, -0.2) is 0 Å². The summed E-state index contributed by atoms with van der Waals surface area (Å²) in [6.45, 7) is 11.2. The number of nitrogens with one attached hydrogen (secondary N) is 1. The Morgan fingerprint density at radius 1 is 1.00 bits per heavy atom. The van der Waals surface area contributed by atoms with Crippen LogP contribution in [0.4, 0.5) is 0 Å². The third kappa shape index (κ3) is 24.6. The van der Waals surface area contributed by atoms with Crippen molar-refractivity contribution in [3.63, 3.8) is 0 Å². The van der Waals surface area contributed by atoms with E-state index in [0.29, 0.717) is 5.54 Å². The molecule has 1 nitrogen and oxygen atoms in total. The van der Waals surface area contributed by atoms with Crippen molar-refractivity contribution >= 4 is 8.96 Å². The van der Waals surface area contributed by atoms with E-state index in [1.807, 2.05) is 0 Å². The SMILES string of the molecule is C[SiH](C)NC(C)(C)C.[Cl-].[Cl-].[Ti+2]. The van der Waals surface area contributed by atoms with Crippen LogP contribution in [0.25, 0.3) is 0 Å². The Hall–Kier alpha value is 1.47. The molecule has 0 aliphatic carbocycles. The molecule has 0 saturated carbocycles. The Morgan fingerprint density at radius 2 is 1.27 bits per heavy atom. The molecule has 0 heterocycles. The first-order valence-corrected chi connectivity index (χ1v) is 6.08. The van der Waals surface area contributed by atoms with E-state index >= 15 is 0 Å². The maximum atomic E-state index is 3.52. The molecule has 0 radical (unpaired) electrons. The summed E-state index contributed by atoms with van der Waals surface area (Å²) in [5.41, 5.74) is 0.334. The summed E-state index contributed by atoms with van der Waals surface area (Å²) in [4.78, 5) is 3.52. The maximum Gasteiger partial charge on any atom is 2.00 e. The Bertz CT molecular complexity index is 75.5.